The zero-order valence-electron chi connectivity index (χ0n) is 4.94. The van der Waals surface area contributed by atoms with Crippen LogP contribution in [-0.4, -0.2) is 9.36 Å². The van der Waals surface area contributed by atoms with Crippen molar-refractivity contribution in [3.63, 3.8) is 0 Å². The number of aromatic nitrogens is 2. The van der Waals surface area contributed by atoms with Gasteiger partial charge < -0.3 is 0 Å². The number of hydrogen-bond acceptors (Lipinski definition) is 4. The topological polar surface area (TPSA) is 25.8 Å². The Morgan fingerprint density at radius 3 is 3.10 bits per heavy atom. The molecular weight excluding hydrogens is 164 g/mol. The van der Waals surface area contributed by atoms with E-state index in [1.807, 2.05) is 11.4 Å². The summed E-state index contributed by atoms with van der Waals surface area (Å²) >= 11 is 2.94. The molecule has 0 aromatic carbocycles. The molecule has 0 saturated carbocycles. The van der Waals surface area contributed by atoms with Crippen LogP contribution in [0.5, 0.6) is 0 Å². The molecule has 0 bridgehead atoms. The molecule has 1 radical (unpaired) electrons. The van der Waals surface area contributed by atoms with E-state index in [2.05, 4.69) is 14.9 Å². The SMILES string of the molecule is [c]1nc(-c2ccns2)cs1. The average molecular weight is 167 g/mol. The third kappa shape index (κ3) is 0.955. The molecule has 2 heterocycles. The van der Waals surface area contributed by atoms with Crippen molar-refractivity contribution in [2.45, 2.75) is 0 Å². The maximum absolute atomic E-state index is 4.02. The van der Waals surface area contributed by atoms with Gasteiger partial charge in [-0.2, -0.15) is 0 Å². The van der Waals surface area contributed by atoms with Crippen LogP contribution in [0.25, 0.3) is 10.6 Å². The Morgan fingerprint density at radius 2 is 2.50 bits per heavy atom. The summed E-state index contributed by atoms with van der Waals surface area (Å²) in [5, 5.41) is 1.97. The summed E-state index contributed by atoms with van der Waals surface area (Å²) in [7, 11) is 0. The monoisotopic (exact) mass is 167 g/mol. The first kappa shape index (κ1) is 6.00. The third-order valence-corrected chi connectivity index (χ3v) is 2.39. The maximum atomic E-state index is 4.02. The Hall–Kier alpha value is -0.740. The van der Waals surface area contributed by atoms with Crippen LogP contribution in [0.1, 0.15) is 0 Å². The fourth-order valence-electron chi connectivity index (χ4n) is 0.645. The summed E-state index contributed by atoms with van der Waals surface area (Å²) in [6, 6.07) is 1.95. The molecule has 0 atom stereocenters. The van der Waals surface area contributed by atoms with Crippen LogP contribution in [-0.2, 0) is 0 Å². The second-order valence-electron chi connectivity index (χ2n) is 1.70. The van der Waals surface area contributed by atoms with Crippen LogP contribution in [0.3, 0.4) is 0 Å². The molecule has 10 heavy (non-hydrogen) atoms. The van der Waals surface area contributed by atoms with Crippen molar-refractivity contribution in [1.82, 2.24) is 9.36 Å². The smallest absolute Gasteiger partial charge is 0.152 e. The van der Waals surface area contributed by atoms with Gasteiger partial charge in [-0.15, -0.1) is 11.3 Å². The van der Waals surface area contributed by atoms with Crippen molar-refractivity contribution < 1.29 is 0 Å². The zero-order chi connectivity index (χ0) is 6.81. The highest BCUT2D eigenvalue weighted by Crippen LogP contribution is 2.21. The van der Waals surface area contributed by atoms with Gasteiger partial charge in [0.25, 0.3) is 0 Å². The summed E-state index contributed by atoms with van der Waals surface area (Å²) in [5.74, 6) is 0. The van der Waals surface area contributed by atoms with Gasteiger partial charge in [0, 0.05) is 11.6 Å². The molecule has 0 amide bonds. The lowest BCUT2D eigenvalue weighted by Gasteiger charge is -1.81. The van der Waals surface area contributed by atoms with Gasteiger partial charge in [-0.05, 0) is 17.6 Å². The van der Waals surface area contributed by atoms with Gasteiger partial charge in [0.15, 0.2) is 5.51 Å². The predicted octanol–water partition coefficient (Wildman–Crippen LogP) is 2.07. The van der Waals surface area contributed by atoms with E-state index in [0.717, 1.165) is 10.6 Å². The van der Waals surface area contributed by atoms with E-state index in [0.29, 0.717) is 0 Å². The number of hydrogen-bond donors (Lipinski definition) is 0. The minimum atomic E-state index is 0.979. The Labute approximate surface area is 66.3 Å². The quantitative estimate of drug-likeness (QED) is 0.649. The van der Waals surface area contributed by atoms with E-state index in [9.17, 15) is 0 Å². The number of rotatable bonds is 1. The molecule has 0 unspecified atom stereocenters. The van der Waals surface area contributed by atoms with Crippen molar-refractivity contribution in [3.8, 4) is 10.6 Å². The van der Waals surface area contributed by atoms with Gasteiger partial charge >= 0.3 is 0 Å². The van der Waals surface area contributed by atoms with E-state index >= 15 is 0 Å². The first-order valence-electron chi connectivity index (χ1n) is 2.69. The van der Waals surface area contributed by atoms with Crippen LogP contribution in [0.4, 0.5) is 0 Å². The van der Waals surface area contributed by atoms with Crippen molar-refractivity contribution in [2.24, 2.45) is 0 Å². The summed E-state index contributed by atoms with van der Waals surface area (Å²) in [6.07, 6.45) is 1.78. The Balaban J connectivity index is 2.48. The average Bonchev–Trinajstić information content (AvgIpc) is 2.59. The van der Waals surface area contributed by atoms with Crippen molar-refractivity contribution in [1.29, 1.82) is 0 Å². The van der Waals surface area contributed by atoms with Gasteiger partial charge in [-0.3, -0.25) is 0 Å². The molecule has 0 saturated heterocycles. The molecule has 0 aliphatic carbocycles. The zero-order valence-corrected chi connectivity index (χ0v) is 6.58. The second-order valence-corrected chi connectivity index (χ2v) is 3.19. The highest BCUT2D eigenvalue weighted by molar-refractivity contribution is 7.10. The van der Waals surface area contributed by atoms with Gasteiger partial charge in [0.1, 0.15) is 0 Å². The van der Waals surface area contributed by atoms with E-state index in [-0.39, 0.29) is 0 Å². The van der Waals surface area contributed by atoms with E-state index in [1.165, 1.54) is 22.9 Å². The molecule has 2 nitrogen and oxygen atoms in total. The second kappa shape index (κ2) is 2.48. The Morgan fingerprint density at radius 1 is 1.50 bits per heavy atom. The van der Waals surface area contributed by atoms with Crippen LogP contribution in [0.2, 0.25) is 0 Å². The number of thiazole rings is 1. The highest BCUT2D eigenvalue weighted by Gasteiger charge is 1.99. The molecule has 0 aliphatic heterocycles. The Kier molecular flexibility index (Phi) is 1.49. The largest absolute Gasteiger partial charge is 0.233 e. The molecular formula is C6H3N2S2. The summed E-state index contributed by atoms with van der Waals surface area (Å²) in [5.41, 5.74) is 3.77. The summed E-state index contributed by atoms with van der Waals surface area (Å²) < 4.78 is 3.97. The maximum Gasteiger partial charge on any atom is 0.152 e. The molecule has 0 aliphatic rings. The predicted molar refractivity (Wildman–Crippen MR) is 42.1 cm³/mol. The lowest BCUT2D eigenvalue weighted by molar-refractivity contribution is 1.42. The fraction of sp³-hybridized carbons (Fsp3) is 0. The van der Waals surface area contributed by atoms with Crippen LogP contribution >= 0.6 is 22.9 Å². The Bertz CT molecular complexity index is 253. The van der Waals surface area contributed by atoms with E-state index in [1.54, 1.807) is 6.20 Å². The van der Waals surface area contributed by atoms with Crippen molar-refractivity contribution in [3.05, 3.63) is 23.2 Å². The molecule has 49 valence electrons. The fourth-order valence-corrected chi connectivity index (χ4v) is 1.77. The summed E-state index contributed by atoms with van der Waals surface area (Å²) in [6.45, 7) is 0. The van der Waals surface area contributed by atoms with Crippen molar-refractivity contribution in [2.75, 3.05) is 0 Å². The lowest BCUT2D eigenvalue weighted by Crippen LogP contribution is -1.66. The summed E-state index contributed by atoms with van der Waals surface area (Å²) in [4.78, 5) is 5.13. The first-order chi connectivity index (χ1) is 4.97. The van der Waals surface area contributed by atoms with Gasteiger partial charge in [0.2, 0.25) is 0 Å². The van der Waals surface area contributed by atoms with Crippen LogP contribution in [0.15, 0.2) is 17.6 Å². The molecule has 0 fully saturated rings. The molecule has 2 aromatic rings. The molecule has 4 heteroatoms. The highest BCUT2D eigenvalue weighted by atomic mass is 32.1. The van der Waals surface area contributed by atoms with Crippen LogP contribution in [0, 0.1) is 5.51 Å². The normalized spacial score (nSPS) is 10.0. The van der Waals surface area contributed by atoms with Gasteiger partial charge in [-0.1, -0.05) is 0 Å². The molecule has 0 N–H and O–H groups in total. The van der Waals surface area contributed by atoms with Crippen molar-refractivity contribution >= 4 is 22.9 Å². The molecule has 2 rings (SSSR count). The van der Waals surface area contributed by atoms with Gasteiger partial charge in [-0.25, -0.2) is 9.36 Å². The van der Waals surface area contributed by atoms with E-state index in [4.69, 9.17) is 0 Å². The van der Waals surface area contributed by atoms with Gasteiger partial charge in [0.05, 0.1) is 10.6 Å². The first-order valence-corrected chi connectivity index (χ1v) is 4.35. The van der Waals surface area contributed by atoms with E-state index < -0.39 is 0 Å². The minimum Gasteiger partial charge on any atom is -0.233 e. The van der Waals surface area contributed by atoms with Crippen LogP contribution < -0.4 is 0 Å². The standard InChI is InChI=1S/C6H3N2S2/c1-2-8-10-6(1)5-3-9-4-7-5/h1-3H. The number of nitrogens with zero attached hydrogens (tertiary/aromatic N) is 2. The minimum absolute atomic E-state index is 0.979. The molecule has 0 spiro atoms. The lowest BCUT2D eigenvalue weighted by atomic mass is 10.4. The molecule has 2 aromatic heterocycles. The third-order valence-electron chi connectivity index (χ3n) is 1.08.